The van der Waals surface area contributed by atoms with Crippen LogP contribution in [0.3, 0.4) is 0 Å². The summed E-state index contributed by atoms with van der Waals surface area (Å²) in [4.78, 5) is 10.5. The van der Waals surface area contributed by atoms with E-state index >= 15 is 0 Å². The Morgan fingerprint density at radius 1 is 1.29 bits per heavy atom. The lowest BCUT2D eigenvalue weighted by atomic mass is 10.1. The number of rotatable bonds is 3. The molecule has 0 aliphatic carbocycles. The van der Waals surface area contributed by atoms with Gasteiger partial charge in [0.1, 0.15) is 5.69 Å². The van der Waals surface area contributed by atoms with Crippen molar-refractivity contribution in [2.45, 2.75) is 25.3 Å². The van der Waals surface area contributed by atoms with Crippen LogP contribution in [0.5, 0.6) is 0 Å². The number of nitro groups is 1. The van der Waals surface area contributed by atoms with Gasteiger partial charge in [-0.3, -0.25) is 10.1 Å². The molecule has 0 unspecified atom stereocenters. The van der Waals surface area contributed by atoms with Gasteiger partial charge in [0, 0.05) is 25.3 Å². The molecule has 92 valence electrons. The van der Waals surface area contributed by atoms with Gasteiger partial charge in [0.2, 0.25) is 0 Å². The Hall–Kier alpha value is -1.62. The lowest BCUT2D eigenvalue weighted by molar-refractivity contribution is -0.384. The molecule has 1 fully saturated rings. The second-order valence-electron chi connectivity index (χ2n) is 4.16. The minimum absolute atomic E-state index is 0.137. The number of hydrogen-bond acceptors (Lipinski definition) is 4. The number of nitrogens with one attached hydrogen (secondary N) is 1. The largest absolute Gasteiger partial charge is 0.381 e. The number of para-hydroxylation sites is 2. The van der Waals surface area contributed by atoms with E-state index in [1.807, 2.05) is 6.07 Å². The number of ether oxygens (including phenoxy) is 1. The van der Waals surface area contributed by atoms with Crippen LogP contribution in [-0.4, -0.2) is 24.2 Å². The highest BCUT2D eigenvalue weighted by molar-refractivity contribution is 5.61. The van der Waals surface area contributed by atoms with Gasteiger partial charge in [-0.05, 0) is 25.3 Å². The molecule has 0 aromatic heterocycles. The lowest BCUT2D eigenvalue weighted by Crippen LogP contribution is -2.20. The molecule has 0 radical (unpaired) electrons. The molecule has 1 aliphatic rings. The van der Waals surface area contributed by atoms with Crippen molar-refractivity contribution in [3.63, 3.8) is 0 Å². The maximum atomic E-state index is 10.9. The quantitative estimate of drug-likeness (QED) is 0.647. The van der Waals surface area contributed by atoms with Crippen molar-refractivity contribution in [3.05, 3.63) is 34.4 Å². The fourth-order valence-corrected chi connectivity index (χ4v) is 2.02. The van der Waals surface area contributed by atoms with E-state index in [0.29, 0.717) is 5.69 Å². The van der Waals surface area contributed by atoms with Gasteiger partial charge >= 0.3 is 0 Å². The van der Waals surface area contributed by atoms with Gasteiger partial charge in [-0.2, -0.15) is 0 Å². The number of anilines is 1. The second kappa shape index (κ2) is 5.63. The van der Waals surface area contributed by atoms with Crippen LogP contribution in [0.15, 0.2) is 24.3 Å². The summed E-state index contributed by atoms with van der Waals surface area (Å²) in [6.45, 7) is 1.51. The van der Waals surface area contributed by atoms with Crippen molar-refractivity contribution >= 4 is 11.4 Å². The first-order valence-electron chi connectivity index (χ1n) is 5.85. The minimum atomic E-state index is -0.352. The van der Waals surface area contributed by atoms with Gasteiger partial charge in [0.05, 0.1) is 4.92 Å². The average molecular weight is 236 g/mol. The number of nitro benzene ring substituents is 1. The zero-order valence-corrected chi connectivity index (χ0v) is 9.59. The molecule has 1 aromatic rings. The average Bonchev–Trinajstić information content (AvgIpc) is 2.58. The van der Waals surface area contributed by atoms with Crippen molar-refractivity contribution in [1.29, 1.82) is 0 Å². The summed E-state index contributed by atoms with van der Waals surface area (Å²) in [5, 5.41) is 14.1. The van der Waals surface area contributed by atoms with E-state index in [2.05, 4.69) is 5.32 Å². The van der Waals surface area contributed by atoms with Crippen molar-refractivity contribution in [2.24, 2.45) is 0 Å². The highest BCUT2D eigenvalue weighted by Gasteiger charge is 2.17. The van der Waals surface area contributed by atoms with E-state index < -0.39 is 0 Å². The number of nitrogens with zero attached hydrogens (tertiary/aromatic N) is 1. The standard InChI is InChI=1S/C12H16N2O3/c15-14(16)12-6-2-1-5-11(12)13-10-4-3-8-17-9-7-10/h1-2,5-6,10,13H,3-4,7-9H2/t10-/m0/s1. The van der Waals surface area contributed by atoms with Crippen LogP contribution in [0, 0.1) is 10.1 Å². The zero-order chi connectivity index (χ0) is 12.1. The predicted molar refractivity (Wildman–Crippen MR) is 65.2 cm³/mol. The minimum Gasteiger partial charge on any atom is -0.381 e. The van der Waals surface area contributed by atoms with Crippen LogP contribution in [0.25, 0.3) is 0 Å². The summed E-state index contributed by atoms with van der Waals surface area (Å²) < 4.78 is 5.37. The second-order valence-corrected chi connectivity index (χ2v) is 4.16. The maximum Gasteiger partial charge on any atom is 0.292 e. The Labute approximate surface area is 99.9 Å². The summed E-state index contributed by atoms with van der Waals surface area (Å²) in [5.74, 6) is 0. The molecular weight excluding hydrogens is 220 g/mol. The Morgan fingerprint density at radius 3 is 2.94 bits per heavy atom. The van der Waals surface area contributed by atoms with Crippen molar-refractivity contribution in [3.8, 4) is 0 Å². The fraction of sp³-hybridized carbons (Fsp3) is 0.500. The van der Waals surface area contributed by atoms with Crippen molar-refractivity contribution in [1.82, 2.24) is 0 Å². The summed E-state index contributed by atoms with van der Waals surface area (Å²) in [5.41, 5.74) is 0.738. The molecule has 5 heteroatoms. The molecule has 1 N–H and O–H groups in total. The van der Waals surface area contributed by atoms with Crippen LogP contribution in [0.4, 0.5) is 11.4 Å². The van der Waals surface area contributed by atoms with Gasteiger partial charge in [-0.25, -0.2) is 0 Å². The van der Waals surface area contributed by atoms with Gasteiger partial charge < -0.3 is 10.1 Å². The highest BCUT2D eigenvalue weighted by atomic mass is 16.6. The monoisotopic (exact) mass is 236 g/mol. The van der Waals surface area contributed by atoms with Crippen LogP contribution in [-0.2, 0) is 4.74 Å². The molecule has 2 rings (SSSR count). The van der Waals surface area contributed by atoms with E-state index in [-0.39, 0.29) is 16.7 Å². The van der Waals surface area contributed by atoms with E-state index in [0.717, 1.165) is 32.5 Å². The van der Waals surface area contributed by atoms with Gasteiger partial charge in [0.25, 0.3) is 5.69 Å². The summed E-state index contributed by atoms with van der Waals surface area (Å²) in [7, 11) is 0. The third kappa shape index (κ3) is 3.17. The number of benzene rings is 1. The molecule has 0 bridgehead atoms. The first-order chi connectivity index (χ1) is 8.27. The van der Waals surface area contributed by atoms with E-state index in [1.54, 1.807) is 12.1 Å². The topological polar surface area (TPSA) is 64.4 Å². The molecule has 1 atom stereocenters. The molecule has 0 spiro atoms. The van der Waals surface area contributed by atoms with Crippen LogP contribution in [0.2, 0.25) is 0 Å². The smallest absolute Gasteiger partial charge is 0.292 e. The van der Waals surface area contributed by atoms with Crippen LogP contribution >= 0.6 is 0 Å². The Bertz CT molecular complexity index is 387. The molecular formula is C12H16N2O3. The highest BCUT2D eigenvalue weighted by Crippen LogP contribution is 2.25. The van der Waals surface area contributed by atoms with Gasteiger partial charge in [-0.1, -0.05) is 12.1 Å². The van der Waals surface area contributed by atoms with E-state index in [4.69, 9.17) is 4.74 Å². The van der Waals surface area contributed by atoms with Crippen LogP contribution < -0.4 is 5.32 Å². The third-order valence-corrected chi connectivity index (χ3v) is 2.91. The molecule has 5 nitrogen and oxygen atoms in total. The fourth-order valence-electron chi connectivity index (χ4n) is 2.02. The first kappa shape index (κ1) is 11.9. The lowest BCUT2D eigenvalue weighted by Gasteiger charge is -2.16. The van der Waals surface area contributed by atoms with Gasteiger partial charge in [-0.15, -0.1) is 0 Å². The molecule has 1 aromatic carbocycles. The molecule has 1 aliphatic heterocycles. The number of hydrogen-bond donors (Lipinski definition) is 1. The maximum absolute atomic E-state index is 10.9. The molecule has 1 saturated heterocycles. The third-order valence-electron chi connectivity index (χ3n) is 2.91. The Kier molecular flexibility index (Phi) is 3.93. The van der Waals surface area contributed by atoms with E-state index in [9.17, 15) is 10.1 Å². The van der Waals surface area contributed by atoms with Crippen LogP contribution in [0.1, 0.15) is 19.3 Å². The first-order valence-corrected chi connectivity index (χ1v) is 5.85. The van der Waals surface area contributed by atoms with Crippen molar-refractivity contribution < 1.29 is 9.66 Å². The SMILES string of the molecule is O=[N+]([O-])c1ccccc1N[C@H]1CCCOCC1. The van der Waals surface area contributed by atoms with E-state index in [1.165, 1.54) is 6.07 Å². The predicted octanol–water partition coefficient (Wildman–Crippen LogP) is 2.58. The summed E-state index contributed by atoms with van der Waals surface area (Å²) >= 11 is 0. The van der Waals surface area contributed by atoms with Gasteiger partial charge in [0.15, 0.2) is 0 Å². The molecule has 0 saturated carbocycles. The molecule has 0 amide bonds. The molecule has 17 heavy (non-hydrogen) atoms. The summed E-state index contributed by atoms with van der Waals surface area (Å²) in [6, 6.07) is 7.03. The Balaban J connectivity index is 2.09. The van der Waals surface area contributed by atoms with Crippen molar-refractivity contribution in [2.75, 3.05) is 18.5 Å². The normalized spacial score (nSPS) is 20.6. The summed E-state index contributed by atoms with van der Waals surface area (Å²) in [6.07, 6.45) is 2.89. The zero-order valence-electron chi connectivity index (χ0n) is 9.59. The molecule has 1 heterocycles. The Morgan fingerprint density at radius 2 is 2.12 bits per heavy atom.